The molecule has 4 nitrogen and oxygen atoms in total. The summed E-state index contributed by atoms with van der Waals surface area (Å²) in [5.41, 5.74) is 0.384. The van der Waals surface area contributed by atoms with Crippen molar-refractivity contribution < 1.29 is 13.5 Å². The topological polar surface area (TPSA) is 57.6 Å². The molecule has 0 saturated heterocycles. The molecule has 2 aromatic carbocycles. The average Bonchev–Trinajstić information content (AvgIpc) is 2.38. The lowest BCUT2D eigenvalue weighted by atomic mass is 10.3. The minimum atomic E-state index is -3.66. The van der Waals surface area contributed by atoms with Gasteiger partial charge in [-0.05, 0) is 36.4 Å². The number of hydrogen-bond acceptors (Lipinski definition) is 3. The van der Waals surface area contributed by atoms with E-state index in [1.165, 1.54) is 43.4 Å². The fourth-order valence-corrected chi connectivity index (χ4v) is 2.91. The van der Waals surface area contributed by atoms with Gasteiger partial charge in [0.05, 0.1) is 10.6 Å². The van der Waals surface area contributed by atoms with Gasteiger partial charge in [-0.3, -0.25) is 4.31 Å². The molecule has 0 fully saturated rings. The molecular weight excluding hydrogens is 286 g/mol. The van der Waals surface area contributed by atoms with Crippen LogP contribution in [-0.4, -0.2) is 20.6 Å². The van der Waals surface area contributed by atoms with Gasteiger partial charge in [0.15, 0.2) is 0 Å². The van der Waals surface area contributed by atoms with Crippen LogP contribution in [0.25, 0.3) is 0 Å². The summed E-state index contributed by atoms with van der Waals surface area (Å²) in [4.78, 5) is 0.141. The number of nitrogens with zero attached hydrogens (tertiary/aromatic N) is 1. The quantitative estimate of drug-likeness (QED) is 0.948. The predicted octanol–water partition coefficient (Wildman–Crippen LogP) is 2.87. The molecule has 100 valence electrons. The smallest absolute Gasteiger partial charge is 0.264 e. The van der Waals surface area contributed by atoms with E-state index in [2.05, 4.69) is 0 Å². The van der Waals surface area contributed by atoms with Gasteiger partial charge in [0, 0.05) is 18.1 Å². The highest BCUT2D eigenvalue weighted by Gasteiger charge is 2.21. The Bertz CT molecular complexity index is 683. The molecule has 0 aliphatic rings. The second-order valence-corrected chi connectivity index (χ2v) is 6.35. The lowest BCUT2D eigenvalue weighted by Gasteiger charge is -2.19. The molecule has 0 aliphatic carbocycles. The summed E-state index contributed by atoms with van der Waals surface area (Å²) in [5.74, 6) is 0.00987. The van der Waals surface area contributed by atoms with Crippen LogP contribution in [0.4, 0.5) is 5.69 Å². The number of anilines is 1. The van der Waals surface area contributed by atoms with Crippen LogP contribution in [0.5, 0.6) is 5.75 Å². The van der Waals surface area contributed by atoms with Crippen molar-refractivity contribution in [3.63, 3.8) is 0 Å². The Kier molecular flexibility index (Phi) is 3.68. The summed E-state index contributed by atoms with van der Waals surface area (Å²) in [6.07, 6.45) is 0. The van der Waals surface area contributed by atoms with Gasteiger partial charge in [-0.1, -0.05) is 17.7 Å². The Balaban J connectivity index is 2.42. The molecule has 1 N–H and O–H groups in total. The summed E-state index contributed by atoms with van der Waals surface area (Å²) in [5, 5.41) is 9.87. The third-order valence-electron chi connectivity index (χ3n) is 2.67. The zero-order chi connectivity index (χ0) is 14.0. The summed E-state index contributed by atoms with van der Waals surface area (Å²) in [6.45, 7) is 0. The number of phenolic OH excluding ortho intramolecular Hbond substituents is 1. The highest BCUT2D eigenvalue weighted by molar-refractivity contribution is 7.92. The lowest BCUT2D eigenvalue weighted by molar-refractivity contribution is 0.475. The van der Waals surface area contributed by atoms with Gasteiger partial charge >= 0.3 is 0 Å². The van der Waals surface area contributed by atoms with Crippen molar-refractivity contribution in [2.75, 3.05) is 11.4 Å². The van der Waals surface area contributed by atoms with E-state index in [-0.39, 0.29) is 10.6 Å². The van der Waals surface area contributed by atoms with Crippen molar-refractivity contribution in [2.24, 2.45) is 0 Å². The molecule has 0 unspecified atom stereocenters. The number of phenols is 1. The van der Waals surface area contributed by atoms with E-state index in [0.29, 0.717) is 10.7 Å². The Labute approximate surface area is 116 Å². The fourth-order valence-electron chi connectivity index (χ4n) is 1.59. The van der Waals surface area contributed by atoms with Gasteiger partial charge in [-0.15, -0.1) is 0 Å². The summed E-state index contributed by atoms with van der Waals surface area (Å²) < 4.78 is 25.8. The van der Waals surface area contributed by atoms with Gasteiger partial charge in [0.25, 0.3) is 10.0 Å². The second-order valence-electron chi connectivity index (χ2n) is 3.95. The maximum atomic E-state index is 12.4. The zero-order valence-corrected chi connectivity index (χ0v) is 11.7. The number of benzene rings is 2. The van der Waals surface area contributed by atoms with E-state index in [1.807, 2.05) is 0 Å². The molecule has 0 amide bonds. The van der Waals surface area contributed by atoms with Gasteiger partial charge < -0.3 is 5.11 Å². The van der Waals surface area contributed by atoms with Crippen LogP contribution in [0.2, 0.25) is 5.02 Å². The zero-order valence-electron chi connectivity index (χ0n) is 10.1. The van der Waals surface area contributed by atoms with Crippen LogP contribution in [0, 0.1) is 0 Å². The monoisotopic (exact) mass is 297 g/mol. The molecule has 2 rings (SSSR count). The minimum Gasteiger partial charge on any atom is -0.508 e. The molecule has 19 heavy (non-hydrogen) atoms. The number of rotatable bonds is 3. The first-order chi connectivity index (χ1) is 8.91. The first kappa shape index (κ1) is 13.7. The Hall–Kier alpha value is -1.72. The third kappa shape index (κ3) is 2.83. The highest BCUT2D eigenvalue weighted by Crippen LogP contribution is 2.25. The largest absolute Gasteiger partial charge is 0.508 e. The number of sulfonamides is 1. The first-order valence-corrected chi connectivity index (χ1v) is 7.26. The number of hydrogen-bond donors (Lipinski definition) is 1. The molecule has 0 heterocycles. The summed E-state index contributed by atoms with van der Waals surface area (Å²) in [7, 11) is -2.23. The molecule has 0 aromatic heterocycles. The predicted molar refractivity (Wildman–Crippen MR) is 75.1 cm³/mol. The summed E-state index contributed by atoms with van der Waals surface area (Å²) in [6, 6.07) is 12.0. The second kappa shape index (κ2) is 5.11. The molecule has 0 radical (unpaired) electrons. The Morgan fingerprint density at radius 1 is 1.11 bits per heavy atom. The molecular formula is C13H12ClNO3S. The van der Waals surface area contributed by atoms with Crippen molar-refractivity contribution in [1.82, 2.24) is 0 Å². The molecule has 0 spiro atoms. The first-order valence-electron chi connectivity index (χ1n) is 5.45. The molecule has 0 atom stereocenters. The average molecular weight is 298 g/mol. The molecule has 0 aliphatic heterocycles. The van der Waals surface area contributed by atoms with Crippen LogP contribution in [0.3, 0.4) is 0 Å². The van der Waals surface area contributed by atoms with Crippen molar-refractivity contribution in [3.8, 4) is 5.75 Å². The highest BCUT2D eigenvalue weighted by atomic mass is 35.5. The molecule has 0 saturated carbocycles. The van der Waals surface area contributed by atoms with Crippen molar-refractivity contribution in [1.29, 1.82) is 0 Å². The third-order valence-corrected chi connectivity index (χ3v) is 4.72. The van der Waals surface area contributed by atoms with Crippen molar-refractivity contribution in [3.05, 3.63) is 53.6 Å². The standard InChI is InChI=1S/C13H12ClNO3S/c1-15(11-3-2-4-12(16)9-11)19(17,18)13-7-5-10(14)6-8-13/h2-9,16H,1H3. The van der Waals surface area contributed by atoms with Crippen LogP contribution in [0.1, 0.15) is 0 Å². The summed E-state index contributed by atoms with van der Waals surface area (Å²) >= 11 is 5.74. The fraction of sp³-hybridized carbons (Fsp3) is 0.0769. The minimum absolute atomic E-state index is 0.00987. The van der Waals surface area contributed by atoms with Crippen LogP contribution in [0.15, 0.2) is 53.4 Å². The van der Waals surface area contributed by atoms with Crippen molar-refractivity contribution >= 4 is 27.3 Å². The van der Waals surface area contributed by atoms with Gasteiger partial charge in [-0.2, -0.15) is 0 Å². The van der Waals surface area contributed by atoms with Crippen LogP contribution in [-0.2, 0) is 10.0 Å². The maximum Gasteiger partial charge on any atom is 0.264 e. The normalized spacial score (nSPS) is 11.3. The van der Waals surface area contributed by atoms with E-state index in [4.69, 9.17) is 11.6 Å². The van der Waals surface area contributed by atoms with E-state index in [1.54, 1.807) is 12.1 Å². The van der Waals surface area contributed by atoms with E-state index in [9.17, 15) is 13.5 Å². The Morgan fingerprint density at radius 3 is 2.32 bits per heavy atom. The van der Waals surface area contributed by atoms with Gasteiger partial charge in [-0.25, -0.2) is 8.42 Å². The van der Waals surface area contributed by atoms with Crippen LogP contribution >= 0.6 is 11.6 Å². The molecule has 2 aromatic rings. The number of halogens is 1. The Morgan fingerprint density at radius 2 is 1.74 bits per heavy atom. The lowest BCUT2D eigenvalue weighted by Crippen LogP contribution is -2.26. The van der Waals surface area contributed by atoms with Gasteiger partial charge in [0.1, 0.15) is 5.75 Å². The number of aromatic hydroxyl groups is 1. The maximum absolute atomic E-state index is 12.4. The van der Waals surface area contributed by atoms with E-state index in [0.717, 1.165) is 4.31 Å². The van der Waals surface area contributed by atoms with Gasteiger partial charge in [0.2, 0.25) is 0 Å². The van der Waals surface area contributed by atoms with Crippen LogP contribution < -0.4 is 4.31 Å². The molecule has 0 bridgehead atoms. The van der Waals surface area contributed by atoms with Crippen molar-refractivity contribution in [2.45, 2.75) is 4.90 Å². The van der Waals surface area contributed by atoms with E-state index >= 15 is 0 Å². The SMILES string of the molecule is CN(c1cccc(O)c1)S(=O)(=O)c1ccc(Cl)cc1. The molecule has 6 heteroatoms. The van der Waals surface area contributed by atoms with E-state index < -0.39 is 10.0 Å².